The van der Waals surface area contributed by atoms with Crippen LogP contribution in [-0.4, -0.2) is 91.7 Å². The Morgan fingerprint density at radius 1 is 0.723 bits per heavy atom. The summed E-state index contributed by atoms with van der Waals surface area (Å²) >= 11 is 0. The molecule has 2 amide bonds. The first-order valence-electron chi connectivity index (χ1n) is 22.7. The van der Waals surface area contributed by atoms with E-state index in [4.69, 9.17) is 23.7 Å². The third kappa shape index (κ3) is 12.0. The standard InChI is InChI=1S/C54H65N3O8/c1-39-24-29-46(33-45(39)32-41-27-25-40(26-28-41)22-15-23-47(58)56-34-48(59)55-30-31-57(4)5)54-51(63-37-44-20-13-8-14-21-44)49(61-35-42-16-9-6-10-17-42)50(62-36-43-18-11-7-12-19-43)53(65-54,38-64-54)52(2,3)60/h6-14,16-21,24-29,33,49-51,60H,15,22-23,30-32,34-38H2,1-5H3,(H,55,59)(H,56,58)/t49-,50-,51+,53-,54-/m0/s1. The highest BCUT2D eigenvalue weighted by atomic mass is 16.8. The average molecular weight is 884 g/mol. The number of aryl methyl sites for hydroxylation is 2. The number of hydrogen-bond acceptors (Lipinski definition) is 9. The Bertz CT molecular complexity index is 2290. The fourth-order valence-electron chi connectivity index (χ4n) is 8.64. The van der Waals surface area contributed by atoms with Gasteiger partial charge < -0.3 is 44.3 Å². The van der Waals surface area contributed by atoms with Crippen LogP contribution >= 0.6 is 0 Å². The van der Waals surface area contributed by atoms with Crippen LogP contribution in [0, 0.1) is 6.92 Å². The molecule has 11 nitrogen and oxygen atoms in total. The summed E-state index contributed by atoms with van der Waals surface area (Å²) in [7, 11) is 3.89. The van der Waals surface area contributed by atoms with E-state index in [1.807, 2.05) is 116 Å². The number of rotatable bonds is 22. The Balaban J connectivity index is 1.13. The van der Waals surface area contributed by atoms with Crippen molar-refractivity contribution in [3.05, 3.63) is 178 Å². The number of nitrogens with one attached hydrogen (secondary N) is 2. The van der Waals surface area contributed by atoms with Crippen LogP contribution < -0.4 is 10.6 Å². The van der Waals surface area contributed by atoms with Gasteiger partial charge >= 0.3 is 0 Å². The van der Waals surface area contributed by atoms with Gasteiger partial charge in [-0.3, -0.25) is 9.59 Å². The number of nitrogens with zero attached hydrogens (tertiary/aromatic N) is 1. The Hall–Kier alpha value is -5.24. The second-order valence-electron chi connectivity index (χ2n) is 18.1. The first-order chi connectivity index (χ1) is 31.3. The molecule has 0 unspecified atom stereocenters. The van der Waals surface area contributed by atoms with Crippen molar-refractivity contribution in [2.75, 3.05) is 40.3 Å². The van der Waals surface area contributed by atoms with Crippen LogP contribution in [0.25, 0.3) is 0 Å². The highest BCUT2D eigenvalue weighted by Crippen LogP contribution is 2.56. The maximum Gasteiger partial charge on any atom is 0.239 e. The molecule has 2 saturated heterocycles. The topological polar surface area (TPSA) is 128 Å². The van der Waals surface area contributed by atoms with Gasteiger partial charge in [-0.05, 0) is 99.1 Å². The fraction of sp³-hybridized carbons (Fsp3) is 0.407. The van der Waals surface area contributed by atoms with Crippen LogP contribution in [0.1, 0.15) is 71.2 Å². The van der Waals surface area contributed by atoms with Crippen molar-refractivity contribution in [3.63, 3.8) is 0 Å². The van der Waals surface area contributed by atoms with Gasteiger partial charge in [0.25, 0.3) is 0 Å². The van der Waals surface area contributed by atoms with Crippen LogP contribution in [0.15, 0.2) is 133 Å². The molecule has 0 spiro atoms. The minimum Gasteiger partial charge on any atom is -0.387 e. The molecule has 2 bridgehead atoms. The Kier molecular flexibility index (Phi) is 16.0. The fourth-order valence-corrected chi connectivity index (χ4v) is 8.64. The molecule has 11 heteroatoms. The zero-order chi connectivity index (χ0) is 45.9. The lowest BCUT2D eigenvalue weighted by Crippen LogP contribution is -2.72. The summed E-state index contributed by atoms with van der Waals surface area (Å²) in [5.74, 6) is -1.80. The number of aliphatic hydroxyl groups is 1. The molecule has 344 valence electrons. The monoisotopic (exact) mass is 883 g/mol. The molecule has 65 heavy (non-hydrogen) atoms. The van der Waals surface area contributed by atoms with Crippen LogP contribution in [0.4, 0.5) is 0 Å². The van der Waals surface area contributed by atoms with Crippen molar-refractivity contribution >= 4 is 11.8 Å². The zero-order valence-corrected chi connectivity index (χ0v) is 38.5. The second-order valence-corrected chi connectivity index (χ2v) is 18.1. The van der Waals surface area contributed by atoms with E-state index >= 15 is 0 Å². The lowest BCUT2D eigenvalue weighted by molar-refractivity contribution is -0.369. The summed E-state index contributed by atoms with van der Waals surface area (Å²) in [6.45, 7) is 7.69. The van der Waals surface area contributed by atoms with Gasteiger partial charge in [-0.15, -0.1) is 0 Å². The van der Waals surface area contributed by atoms with Gasteiger partial charge in [-0.1, -0.05) is 127 Å². The molecule has 3 N–H and O–H groups in total. The molecule has 2 fully saturated rings. The van der Waals surface area contributed by atoms with Crippen molar-refractivity contribution in [2.24, 2.45) is 0 Å². The van der Waals surface area contributed by atoms with E-state index < -0.39 is 35.3 Å². The second kappa shape index (κ2) is 21.8. The maximum atomic E-state index is 12.4. The summed E-state index contributed by atoms with van der Waals surface area (Å²) < 4.78 is 35.2. The molecule has 2 heterocycles. The van der Waals surface area contributed by atoms with Crippen molar-refractivity contribution < 1.29 is 38.4 Å². The molecule has 7 rings (SSSR count). The van der Waals surface area contributed by atoms with Crippen molar-refractivity contribution in [3.8, 4) is 0 Å². The summed E-state index contributed by atoms with van der Waals surface area (Å²) in [6.07, 6.45) is 0.0325. The van der Waals surface area contributed by atoms with Crippen LogP contribution in [0.2, 0.25) is 0 Å². The number of carbonyl (C=O) groups is 2. The number of carbonyl (C=O) groups excluding carboxylic acids is 2. The summed E-state index contributed by atoms with van der Waals surface area (Å²) in [4.78, 5) is 26.5. The molecular formula is C54H65N3O8. The molecule has 5 atom stereocenters. The largest absolute Gasteiger partial charge is 0.387 e. The van der Waals surface area contributed by atoms with E-state index in [-0.39, 0.29) is 44.8 Å². The predicted octanol–water partition coefficient (Wildman–Crippen LogP) is 7.18. The van der Waals surface area contributed by atoms with E-state index in [9.17, 15) is 14.7 Å². The summed E-state index contributed by atoms with van der Waals surface area (Å²) in [5.41, 5.74) is 5.39. The lowest BCUT2D eigenvalue weighted by atomic mass is 9.74. The molecule has 0 saturated carbocycles. The third-order valence-corrected chi connectivity index (χ3v) is 12.5. The predicted molar refractivity (Wildman–Crippen MR) is 251 cm³/mol. The summed E-state index contributed by atoms with van der Waals surface area (Å²) in [5, 5.41) is 17.7. The molecule has 2 aliphatic rings. The van der Waals surface area contributed by atoms with Crippen molar-refractivity contribution in [1.82, 2.24) is 15.5 Å². The molecule has 0 radical (unpaired) electrons. The van der Waals surface area contributed by atoms with Gasteiger partial charge in [0.15, 0.2) is 5.60 Å². The minimum atomic E-state index is -1.47. The highest BCUT2D eigenvalue weighted by molar-refractivity contribution is 5.84. The molecule has 2 aliphatic heterocycles. The highest BCUT2D eigenvalue weighted by Gasteiger charge is 2.73. The first kappa shape index (κ1) is 47.7. The number of ether oxygens (including phenoxy) is 5. The van der Waals surface area contributed by atoms with E-state index in [1.165, 1.54) is 0 Å². The van der Waals surface area contributed by atoms with Gasteiger partial charge in [0.05, 0.1) is 38.6 Å². The van der Waals surface area contributed by atoms with Gasteiger partial charge in [0.1, 0.15) is 18.3 Å². The SMILES string of the molecule is Cc1ccc([C@]23OC[C@](C(C)(C)O)(O2)[C@@H](OCc2ccccc2)[C@H](OCc2ccccc2)[C@H]3OCc2ccccc2)cc1Cc1ccc(CCCC(=O)NCC(=O)NCCN(C)C)cc1. The van der Waals surface area contributed by atoms with Crippen LogP contribution in [0.5, 0.6) is 0 Å². The zero-order valence-electron chi connectivity index (χ0n) is 38.5. The third-order valence-electron chi connectivity index (χ3n) is 12.5. The quantitative estimate of drug-likeness (QED) is 0.0663. The van der Waals surface area contributed by atoms with Gasteiger partial charge in [-0.25, -0.2) is 0 Å². The van der Waals surface area contributed by atoms with Crippen LogP contribution in [-0.2, 0) is 71.7 Å². The number of hydrogen-bond donors (Lipinski definition) is 3. The Labute approximate surface area is 384 Å². The van der Waals surface area contributed by atoms with E-state index in [0.717, 1.165) is 57.5 Å². The molecule has 5 aromatic carbocycles. The van der Waals surface area contributed by atoms with E-state index in [0.29, 0.717) is 25.8 Å². The maximum absolute atomic E-state index is 12.4. The smallest absolute Gasteiger partial charge is 0.239 e. The lowest BCUT2D eigenvalue weighted by Gasteiger charge is -2.54. The number of likely N-dealkylation sites (N-methyl/N-ethyl adjacent to an activating group) is 1. The Morgan fingerprint density at radius 2 is 1.29 bits per heavy atom. The molecule has 0 aliphatic carbocycles. The Morgan fingerprint density at radius 3 is 1.88 bits per heavy atom. The van der Waals surface area contributed by atoms with Gasteiger partial charge in [-0.2, -0.15) is 0 Å². The molecular weight excluding hydrogens is 819 g/mol. The number of fused-ring (bicyclic) bond motifs is 2. The normalized spacial score (nSPS) is 21.6. The minimum absolute atomic E-state index is 0.0189. The molecule has 0 aromatic heterocycles. The number of benzene rings is 5. The van der Waals surface area contributed by atoms with Crippen molar-refractivity contribution in [2.45, 2.75) is 102 Å². The first-order valence-corrected chi connectivity index (χ1v) is 22.7. The average Bonchev–Trinajstić information content (AvgIpc) is 3.68. The summed E-state index contributed by atoms with van der Waals surface area (Å²) in [6, 6.07) is 44.8. The number of amides is 2. The van der Waals surface area contributed by atoms with Gasteiger partial charge in [0, 0.05) is 25.1 Å². The van der Waals surface area contributed by atoms with Crippen LogP contribution in [0.3, 0.4) is 0 Å². The van der Waals surface area contributed by atoms with Gasteiger partial charge in [0.2, 0.25) is 17.6 Å². The van der Waals surface area contributed by atoms with Crippen molar-refractivity contribution in [1.29, 1.82) is 0 Å². The van der Waals surface area contributed by atoms with E-state index in [2.05, 4.69) is 54.0 Å². The van der Waals surface area contributed by atoms with E-state index in [1.54, 1.807) is 13.8 Å². The molecule has 5 aromatic rings.